The number of aromatic nitrogens is 4. The summed E-state index contributed by atoms with van der Waals surface area (Å²) in [6, 6.07) is 9.26. The Balaban J connectivity index is 2.31. The third-order valence-electron chi connectivity index (χ3n) is 2.98. The molecule has 19 heavy (non-hydrogen) atoms. The number of carbonyl (C=O) groups is 1. The van der Waals surface area contributed by atoms with Gasteiger partial charge in [-0.1, -0.05) is 18.2 Å². The number of nitrogens with zero attached hydrogens (tertiary/aromatic N) is 5. The van der Waals surface area contributed by atoms with Gasteiger partial charge in [0.2, 0.25) is 5.82 Å². The van der Waals surface area contributed by atoms with Gasteiger partial charge in [0.25, 0.3) is 5.91 Å². The van der Waals surface area contributed by atoms with Crippen molar-refractivity contribution in [1.82, 2.24) is 20.6 Å². The third-order valence-corrected chi connectivity index (χ3v) is 2.98. The number of nitriles is 1. The first-order valence-corrected chi connectivity index (χ1v) is 5.49. The van der Waals surface area contributed by atoms with Crippen LogP contribution in [0.15, 0.2) is 24.3 Å². The molecule has 0 unspecified atom stereocenters. The van der Waals surface area contributed by atoms with Crippen LogP contribution < -0.4 is 4.90 Å². The normalized spacial score (nSPS) is 16.2. The number of aromatic amines is 1. The van der Waals surface area contributed by atoms with Crippen LogP contribution in [0.4, 0.5) is 5.69 Å². The summed E-state index contributed by atoms with van der Waals surface area (Å²) < 4.78 is 0. The molecule has 0 aliphatic carbocycles. The van der Waals surface area contributed by atoms with Gasteiger partial charge in [0.1, 0.15) is 11.6 Å². The Morgan fingerprint density at radius 3 is 2.89 bits per heavy atom. The monoisotopic (exact) mass is 252 g/mol. The smallest absolute Gasteiger partial charge is 0.260 e. The number of benzene rings is 1. The lowest BCUT2D eigenvalue weighted by molar-refractivity contribution is -0.112. The molecular weight excluding hydrogens is 244 g/mol. The molecule has 7 nitrogen and oxygen atoms in total. The highest BCUT2D eigenvalue weighted by atomic mass is 16.2. The Morgan fingerprint density at radius 1 is 1.42 bits per heavy atom. The van der Waals surface area contributed by atoms with Gasteiger partial charge in [0, 0.05) is 12.6 Å². The number of para-hydroxylation sites is 1. The van der Waals surface area contributed by atoms with Crippen LogP contribution in [0, 0.1) is 11.3 Å². The molecule has 0 fully saturated rings. The molecular formula is C12H8N6O. The molecule has 3 rings (SSSR count). The number of anilines is 1. The number of hydrogen-bond donors (Lipinski definition) is 1. The molecule has 0 spiro atoms. The van der Waals surface area contributed by atoms with E-state index in [1.807, 2.05) is 24.3 Å². The number of allylic oxidation sites excluding steroid dienone is 1. The Hall–Kier alpha value is -3.01. The predicted molar refractivity (Wildman–Crippen MR) is 66.5 cm³/mol. The van der Waals surface area contributed by atoms with Crippen molar-refractivity contribution in [2.75, 3.05) is 11.9 Å². The van der Waals surface area contributed by atoms with E-state index in [0.29, 0.717) is 11.1 Å². The largest absolute Gasteiger partial charge is 0.311 e. The first-order chi connectivity index (χ1) is 9.24. The van der Waals surface area contributed by atoms with Crippen LogP contribution >= 0.6 is 0 Å². The van der Waals surface area contributed by atoms with E-state index in [9.17, 15) is 10.1 Å². The molecule has 1 amide bonds. The molecule has 1 aliphatic rings. The predicted octanol–water partition coefficient (Wildman–Crippen LogP) is 0.610. The van der Waals surface area contributed by atoms with Crippen molar-refractivity contribution in [2.45, 2.75) is 0 Å². The van der Waals surface area contributed by atoms with Gasteiger partial charge in [-0.25, -0.2) is 0 Å². The maximum atomic E-state index is 12.3. The molecule has 1 aromatic heterocycles. The van der Waals surface area contributed by atoms with E-state index in [-0.39, 0.29) is 17.3 Å². The zero-order valence-electron chi connectivity index (χ0n) is 9.95. The fraction of sp³-hybridized carbons (Fsp3) is 0.0833. The molecule has 7 heteroatoms. The fourth-order valence-electron chi connectivity index (χ4n) is 2.10. The van der Waals surface area contributed by atoms with Crippen LogP contribution in [0.3, 0.4) is 0 Å². The van der Waals surface area contributed by atoms with Crippen LogP contribution in [0.2, 0.25) is 0 Å². The van der Waals surface area contributed by atoms with Crippen molar-refractivity contribution in [3.63, 3.8) is 0 Å². The number of carbonyl (C=O) groups excluding carboxylic acids is 1. The first-order valence-electron chi connectivity index (χ1n) is 5.49. The molecule has 1 aromatic carbocycles. The number of likely N-dealkylation sites (N-methyl/N-ethyl adjacent to an activating group) is 1. The van der Waals surface area contributed by atoms with E-state index in [1.54, 1.807) is 13.1 Å². The second kappa shape index (κ2) is 4.03. The van der Waals surface area contributed by atoms with Crippen molar-refractivity contribution in [3.8, 4) is 6.07 Å². The number of H-pyrrole nitrogens is 1. The zero-order chi connectivity index (χ0) is 13.4. The first kappa shape index (κ1) is 11.1. The van der Waals surface area contributed by atoms with Gasteiger partial charge in [0.15, 0.2) is 0 Å². The summed E-state index contributed by atoms with van der Waals surface area (Å²) in [6.07, 6.45) is 0. The standard InChI is InChI=1S/C12H8N6O/c1-18-9-5-3-2-4-7(9)10(12(18)19)8(6-13)11-14-16-17-15-11/h2-5H,1H3,(H,14,15,16,17)/b10-8-. The molecule has 0 saturated heterocycles. The van der Waals surface area contributed by atoms with Gasteiger partial charge < -0.3 is 4.90 Å². The molecule has 2 aromatic rings. The molecule has 0 bridgehead atoms. The number of hydrogen-bond acceptors (Lipinski definition) is 5. The third kappa shape index (κ3) is 1.51. The summed E-state index contributed by atoms with van der Waals surface area (Å²) in [4.78, 5) is 13.8. The van der Waals surface area contributed by atoms with Crippen molar-refractivity contribution in [1.29, 1.82) is 5.26 Å². The van der Waals surface area contributed by atoms with Crippen LogP contribution in [0.5, 0.6) is 0 Å². The fourth-order valence-corrected chi connectivity index (χ4v) is 2.10. The molecule has 0 radical (unpaired) electrons. The zero-order valence-corrected chi connectivity index (χ0v) is 9.95. The molecule has 92 valence electrons. The lowest BCUT2D eigenvalue weighted by Crippen LogP contribution is -2.20. The Bertz CT molecular complexity index is 725. The Labute approximate surface area is 108 Å². The highest BCUT2D eigenvalue weighted by molar-refractivity contribution is 6.38. The summed E-state index contributed by atoms with van der Waals surface area (Å²) >= 11 is 0. The van der Waals surface area contributed by atoms with Crippen molar-refractivity contribution >= 4 is 22.7 Å². The molecule has 0 atom stereocenters. The minimum absolute atomic E-state index is 0.121. The van der Waals surface area contributed by atoms with Crippen LogP contribution in [-0.4, -0.2) is 33.6 Å². The topological polar surface area (TPSA) is 98.6 Å². The Kier molecular flexibility index (Phi) is 2.35. The Morgan fingerprint density at radius 2 is 2.21 bits per heavy atom. The average molecular weight is 252 g/mol. The van der Waals surface area contributed by atoms with Gasteiger partial charge in [-0.2, -0.15) is 10.5 Å². The van der Waals surface area contributed by atoms with Crippen molar-refractivity contribution in [3.05, 3.63) is 35.7 Å². The maximum Gasteiger partial charge on any atom is 0.260 e. The van der Waals surface area contributed by atoms with Gasteiger partial charge in [-0.15, -0.1) is 10.2 Å². The highest BCUT2D eigenvalue weighted by Crippen LogP contribution is 2.38. The van der Waals surface area contributed by atoms with E-state index in [0.717, 1.165) is 5.69 Å². The number of rotatable bonds is 1. The van der Waals surface area contributed by atoms with E-state index in [4.69, 9.17) is 0 Å². The van der Waals surface area contributed by atoms with Crippen molar-refractivity contribution in [2.24, 2.45) is 0 Å². The number of amides is 1. The molecule has 0 saturated carbocycles. The summed E-state index contributed by atoms with van der Waals surface area (Å²) in [5.41, 5.74) is 1.90. The van der Waals surface area contributed by atoms with Crippen molar-refractivity contribution < 1.29 is 4.79 Å². The van der Waals surface area contributed by atoms with Gasteiger partial charge in [-0.05, 0) is 11.3 Å². The highest BCUT2D eigenvalue weighted by Gasteiger charge is 2.33. The summed E-state index contributed by atoms with van der Waals surface area (Å²) in [5.74, 6) is -0.126. The van der Waals surface area contributed by atoms with E-state index in [2.05, 4.69) is 20.6 Å². The van der Waals surface area contributed by atoms with Crippen LogP contribution in [-0.2, 0) is 4.79 Å². The number of nitrogens with one attached hydrogen (secondary N) is 1. The summed E-state index contributed by atoms with van der Waals surface area (Å²) in [6.45, 7) is 0. The number of tetrazole rings is 1. The van der Waals surface area contributed by atoms with Crippen LogP contribution in [0.25, 0.3) is 11.1 Å². The summed E-state index contributed by atoms with van der Waals surface area (Å²) in [5, 5.41) is 22.5. The second-order valence-corrected chi connectivity index (χ2v) is 3.98. The maximum absolute atomic E-state index is 12.3. The van der Waals surface area contributed by atoms with Gasteiger partial charge in [-0.3, -0.25) is 4.79 Å². The summed E-state index contributed by atoms with van der Waals surface area (Å²) in [7, 11) is 1.67. The lowest BCUT2D eigenvalue weighted by Gasteiger charge is -2.07. The molecule has 1 N–H and O–H groups in total. The quantitative estimate of drug-likeness (QED) is 0.592. The number of fused-ring (bicyclic) bond motifs is 1. The van der Waals surface area contributed by atoms with E-state index in [1.165, 1.54) is 4.90 Å². The van der Waals surface area contributed by atoms with E-state index < -0.39 is 0 Å². The molecule has 2 heterocycles. The average Bonchev–Trinajstić information content (AvgIpc) is 3.04. The second-order valence-electron chi connectivity index (χ2n) is 3.98. The van der Waals surface area contributed by atoms with Gasteiger partial charge in [0.05, 0.1) is 11.3 Å². The van der Waals surface area contributed by atoms with Crippen LogP contribution in [0.1, 0.15) is 11.4 Å². The SMILES string of the molecule is CN1C(=O)/C(=C(/C#N)c2nn[nH]n2)c2ccccc21. The van der Waals surface area contributed by atoms with E-state index >= 15 is 0 Å². The minimum Gasteiger partial charge on any atom is -0.311 e. The minimum atomic E-state index is -0.248. The van der Waals surface area contributed by atoms with Gasteiger partial charge >= 0.3 is 0 Å². The lowest BCUT2D eigenvalue weighted by atomic mass is 10.0. The molecule has 1 aliphatic heterocycles.